The molecule has 0 bridgehead atoms. The summed E-state index contributed by atoms with van der Waals surface area (Å²) < 4.78 is 5.09. The summed E-state index contributed by atoms with van der Waals surface area (Å²) in [5.41, 5.74) is 2.71. The van der Waals surface area contributed by atoms with Crippen molar-refractivity contribution in [3.8, 4) is 0 Å². The first-order valence-corrected chi connectivity index (χ1v) is 11.1. The molecule has 0 N–H and O–H groups in total. The highest BCUT2D eigenvalue weighted by atomic mass is 32.2. The molecule has 3 aromatic rings. The zero-order valence-electron chi connectivity index (χ0n) is 17.4. The molecule has 1 heterocycles. The van der Waals surface area contributed by atoms with Crippen LogP contribution in [0.25, 0.3) is 0 Å². The summed E-state index contributed by atoms with van der Waals surface area (Å²) in [6.45, 7) is 2.80. The van der Waals surface area contributed by atoms with Crippen LogP contribution in [0.2, 0.25) is 0 Å². The highest BCUT2D eigenvalue weighted by molar-refractivity contribution is 7.99. The number of hydrogen-bond acceptors (Lipinski definition) is 4. The molecule has 0 atom stereocenters. The molecule has 158 valence electrons. The number of anilines is 2. The van der Waals surface area contributed by atoms with E-state index in [2.05, 4.69) is 0 Å². The van der Waals surface area contributed by atoms with Gasteiger partial charge < -0.3 is 9.64 Å². The van der Waals surface area contributed by atoms with E-state index in [1.165, 1.54) is 0 Å². The van der Waals surface area contributed by atoms with Crippen LogP contribution in [0, 0.1) is 0 Å². The molecule has 0 saturated heterocycles. The van der Waals surface area contributed by atoms with Crippen LogP contribution in [-0.4, -0.2) is 30.1 Å². The molecular weight excluding hydrogens is 408 g/mol. The standard InChI is InChI=1S/C25H24N2O3S/c1-2-30-24(28)16-17-26(18-19-10-4-3-5-11-19)25(29)27-20-12-6-8-14-22(20)31-23-15-9-7-13-21(23)27/h3-15H,2,16-18H2,1H3. The van der Waals surface area contributed by atoms with E-state index in [1.54, 1.807) is 28.5 Å². The van der Waals surface area contributed by atoms with Gasteiger partial charge >= 0.3 is 12.0 Å². The quantitative estimate of drug-likeness (QED) is 0.458. The van der Waals surface area contributed by atoms with Crippen LogP contribution < -0.4 is 4.90 Å². The van der Waals surface area contributed by atoms with Crippen LogP contribution in [0.15, 0.2) is 88.7 Å². The number of benzene rings is 3. The maximum atomic E-state index is 13.9. The van der Waals surface area contributed by atoms with Crippen molar-refractivity contribution in [2.24, 2.45) is 0 Å². The Labute approximate surface area is 186 Å². The molecular formula is C25H24N2O3S. The zero-order chi connectivity index (χ0) is 21.6. The Morgan fingerprint density at radius 2 is 1.45 bits per heavy atom. The average Bonchev–Trinajstić information content (AvgIpc) is 2.80. The third kappa shape index (κ3) is 4.75. The lowest BCUT2D eigenvalue weighted by Gasteiger charge is -2.35. The van der Waals surface area contributed by atoms with Gasteiger partial charge in [-0.25, -0.2) is 4.79 Å². The van der Waals surface area contributed by atoms with Gasteiger partial charge in [0.1, 0.15) is 0 Å². The minimum Gasteiger partial charge on any atom is -0.466 e. The van der Waals surface area contributed by atoms with Gasteiger partial charge in [0, 0.05) is 22.9 Å². The van der Waals surface area contributed by atoms with E-state index in [1.807, 2.05) is 78.9 Å². The number of esters is 1. The molecule has 5 nitrogen and oxygen atoms in total. The second-order valence-electron chi connectivity index (χ2n) is 7.12. The van der Waals surface area contributed by atoms with Gasteiger partial charge in [-0.3, -0.25) is 9.69 Å². The summed E-state index contributed by atoms with van der Waals surface area (Å²) >= 11 is 1.66. The number of fused-ring (bicyclic) bond motifs is 2. The first kappa shape index (κ1) is 21.0. The van der Waals surface area contributed by atoms with Gasteiger partial charge in [0.15, 0.2) is 0 Å². The Hall–Kier alpha value is -3.25. The molecule has 6 heteroatoms. The van der Waals surface area contributed by atoms with Gasteiger partial charge in [0.05, 0.1) is 24.4 Å². The fourth-order valence-electron chi connectivity index (χ4n) is 3.56. The summed E-state index contributed by atoms with van der Waals surface area (Å²) in [4.78, 5) is 31.4. The van der Waals surface area contributed by atoms with Crippen molar-refractivity contribution in [2.75, 3.05) is 18.1 Å². The average molecular weight is 433 g/mol. The smallest absolute Gasteiger partial charge is 0.329 e. The van der Waals surface area contributed by atoms with Gasteiger partial charge in [-0.15, -0.1) is 0 Å². The van der Waals surface area contributed by atoms with E-state index in [-0.39, 0.29) is 25.0 Å². The molecule has 0 fully saturated rings. The fourth-order valence-corrected chi connectivity index (χ4v) is 4.62. The Morgan fingerprint density at radius 3 is 2.06 bits per heavy atom. The second kappa shape index (κ2) is 9.71. The predicted molar refractivity (Wildman–Crippen MR) is 123 cm³/mol. The van der Waals surface area contributed by atoms with E-state index in [4.69, 9.17) is 4.74 Å². The molecule has 4 rings (SSSR count). The number of hydrogen-bond donors (Lipinski definition) is 0. The molecule has 2 amide bonds. The first-order valence-electron chi connectivity index (χ1n) is 10.3. The van der Waals surface area contributed by atoms with Crippen molar-refractivity contribution in [3.05, 3.63) is 84.4 Å². The molecule has 1 aliphatic rings. The Balaban J connectivity index is 1.68. The molecule has 0 aliphatic carbocycles. The molecule has 1 aliphatic heterocycles. The second-order valence-corrected chi connectivity index (χ2v) is 8.20. The lowest BCUT2D eigenvalue weighted by atomic mass is 10.2. The molecule has 0 saturated carbocycles. The number of carbonyl (C=O) groups excluding carboxylic acids is 2. The van der Waals surface area contributed by atoms with E-state index in [0.717, 1.165) is 26.7 Å². The molecule has 31 heavy (non-hydrogen) atoms. The fraction of sp³-hybridized carbons (Fsp3) is 0.200. The molecule has 0 unspecified atom stereocenters. The van der Waals surface area contributed by atoms with Crippen molar-refractivity contribution in [1.82, 2.24) is 4.90 Å². The van der Waals surface area contributed by atoms with E-state index >= 15 is 0 Å². The van der Waals surface area contributed by atoms with E-state index < -0.39 is 0 Å². The summed E-state index contributed by atoms with van der Waals surface area (Å²) in [6, 6.07) is 25.5. The highest BCUT2D eigenvalue weighted by Gasteiger charge is 2.31. The number of ether oxygens (including phenoxy) is 1. The van der Waals surface area contributed by atoms with Gasteiger partial charge in [-0.1, -0.05) is 66.4 Å². The van der Waals surface area contributed by atoms with Crippen molar-refractivity contribution in [1.29, 1.82) is 0 Å². The van der Waals surface area contributed by atoms with Gasteiger partial charge in [-0.2, -0.15) is 0 Å². The number of rotatable bonds is 6. The number of nitrogens with zero attached hydrogens (tertiary/aromatic N) is 2. The Bertz CT molecular complexity index is 1030. The predicted octanol–water partition coefficient (Wildman–Crippen LogP) is 5.86. The lowest BCUT2D eigenvalue weighted by molar-refractivity contribution is -0.143. The van der Waals surface area contributed by atoms with E-state index in [0.29, 0.717) is 13.2 Å². The van der Waals surface area contributed by atoms with Crippen LogP contribution in [0.4, 0.5) is 16.2 Å². The van der Waals surface area contributed by atoms with Gasteiger partial charge in [0.2, 0.25) is 0 Å². The third-order valence-corrected chi connectivity index (χ3v) is 6.13. The van der Waals surface area contributed by atoms with Crippen molar-refractivity contribution in [3.63, 3.8) is 0 Å². The minimum atomic E-state index is -0.302. The monoisotopic (exact) mass is 432 g/mol. The number of para-hydroxylation sites is 2. The topological polar surface area (TPSA) is 49.9 Å². The normalized spacial score (nSPS) is 12.0. The van der Waals surface area contributed by atoms with Crippen LogP contribution in [0.5, 0.6) is 0 Å². The molecule has 0 aromatic heterocycles. The minimum absolute atomic E-state index is 0.151. The van der Waals surface area contributed by atoms with Gasteiger partial charge in [0.25, 0.3) is 0 Å². The maximum absolute atomic E-state index is 13.9. The van der Waals surface area contributed by atoms with Crippen LogP contribution in [0.3, 0.4) is 0 Å². The SMILES string of the molecule is CCOC(=O)CCN(Cc1ccccc1)C(=O)N1c2ccccc2Sc2ccccc21. The molecule has 3 aromatic carbocycles. The van der Waals surface area contributed by atoms with Crippen molar-refractivity contribution >= 4 is 35.1 Å². The van der Waals surface area contributed by atoms with Crippen LogP contribution >= 0.6 is 11.8 Å². The Morgan fingerprint density at radius 1 is 0.871 bits per heavy atom. The van der Waals surface area contributed by atoms with Crippen molar-refractivity contribution < 1.29 is 14.3 Å². The van der Waals surface area contributed by atoms with Crippen molar-refractivity contribution in [2.45, 2.75) is 29.7 Å². The van der Waals surface area contributed by atoms with Crippen LogP contribution in [-0.2, 0) is 16.1 Å². The maximum Gasteiger partial charge on any atom is 0.329 e. The molecule has 0 spiro atoms. The highest BCUT2D eigenvalue weighted by Crippen LogP contribution is 2.48. The summed E-state index contributed by atoms with van der Waals surface area (Å²) in [6.07, 6.45) is 0.151. The Kier molecular flexibility index (Phi) is 6.57. The summed E-state index contributed by atoms with van der Waals surface area (Å²) in [5, 5.41) is 0. The number of urea groups is 1. The van der Waals surface area contributed by atoms with Gasteiger partial charge in [-0.05, 0) is 36.8 Å². The first-order chi connectivity index (χ1) is 15.2. The number of amides is 2. The molecule has 0 radical (unpaired) electrons. The van der Waals surface area contributed by atoms with E-state index in [9.17, 15) is 9.59 Å². The van der Waals surface area contributed by atoms with Crippen LogP contribution in [0.1, 0.15) is 18.9 Å². The third-order valence-electron chi connectivity index (χ3n) is 5.00. The lowest BCUT2D eigenvalue weighted by Crippen LogP contribution is -2.42. The summed E-state index contributed by atoms with van der Waals surface area (Å²) in [7, 11) is 0. The zero-order valence-corrected chi connectivity index (χ0v) is 18.2. The largest absolute Gasteiger partial charge is 0.466 e. The number of carbonyl (C=O) groups is 2. The summed E-state index contributed by atoms with van der Waals surface area (Å²) in [5.74, 6) is -0.302.